The molecule has 1 N–H and O–H groups in total. The molecule has 0 aromatic heterocycles. The van der Waals surface area contributed by atoms with Crippen molar-refractivity contribution in [2.24, 2.45) is 5.92 Å². The Kier molecular flexibility index (Phi) is 6.48. The highest BCUT2D eigenvalue weighted by atomic mass is 79.9. The molecular formula is C18H17BrCl2N2O3S. The quantitative estimate of drug-likeness (QED) is 0.668. The number of halogens is 3. The van der Waals surface area contributed by atoms with Gasteiger partial charge in [0, 0.05) is 17.6 Å². The molecule has 0 unspecified atom stereocenters. The molecule has 1 saturated heterocycles. The lowest BCUT2D eigenvalue weighted by Crippen LogP contribution is -2.43. The summed E-state index contributed by atoms with van der Waals surface area (Å²) in [7, 11) is -3.65. The van der Waals surface area contributed by atoms with Crippen LogP contribution in [-0.4, -0.2) is 31.7 Å². The van der Waals surface area contributed by atoms with Gasteiger partial charge >= 0.3 is 0 Å². The van der Waals surface area contributed by atoms with Gasteiger partial charge in [-0.25, -0.2) is 8.42 Å². The predicted octanol–water partition coefficient (Wildman–Crippen LogP) is 4.80. The van der Waals surface area contributed by atoms with Crippen molar-refractivity contribution in [1.29, 1.82) is 0 Å². The molecule has 144 valence electrons. The number of rotatable bonds is 4. The Labute approximate surface area is 176 Å². The molecule has 2 aromatic rings. The van der Waals surface area contributed by atoms with E-state index in [-0.39, 0.29) is 17.3 Å². The molecule has 27 heavy (non-hydrogen) atoms. The average Bonchev–Trinajstić information content (AvgIpc) is 2.65. The highest BCUT2D eigenvalue weighted by Crippen LogP contribution is 2.31. The number of benzene rings is 2. The zero-order valence-electron chi connectivity index (χ0n) is 14.2. The number of anilines is 1. The lowest BCUT2D eigenvalue weighted by molar-refractivity contribution is -0.120. The van der Waals surface area contributed by atoms with Gasteiger partial charge < -0.3 is 5.32 Å². The van der Waals surface area contributed by atoms with Gasteiger partial charge in [-0.3, -0.25) is 4.79 Å². The summed E-state index contributed by atoms with van der Waals surface area (Å²) in [5, 5.41) is 3.41. The Hall–Kier alpha value is -1.12. The van der Waals surface area contributed by atoms with Crippen LogP contribution in [0.5, 0.6) is 0 Å². The summed E-state index contributed by atoms with van der Waals surface area (Å²) in [6.45, 7) is 0.501. The normalized spacial score (nSPS) is 18.3. The number of carbonyl (C=O) groups excluding carboxylic acids is 1. The second-order valence-corrected chi connectivity index (χ2v) is 9.91. The highest BCUT2D eigenvalue weighted by molar-refractivity contribution is 9.10. The fraction of sp³-hybridized carbons (Fsp3) is 0.278. The second-order valence-electron chi connectivity index (χ2n) is 6.24. The van der Waals surface area contributed by atoms with Crippen LogP contribution in [0.15, 0.2) is 51.8 Å². The van der Waals surface area contributed by atoms with Crippen molar-refractivity contribution in [3.05, 3.63) is 57.0 Å². The second kappa shape index (κ2) is 8.49. The zero-order chi connectivity index (χ0) is 19.6. The number of para-hydroxylation sites is 1. The minimum Gasteiger partial charge on any atom is -0.323 e. The number of piperidine rings is 1. The van der Waals surface area contributed by atoms with Gasteiger partial charge in [-0.1, -0.05) is 45.2 Å². The van der Waals surface area contributed by atoms with Crippen LogP contribution in [0.3, 0.4) is 0 Å². The van der Waals surface area contributed by atoms with Crippen molar-refractivity contribution in [2.75, 3.05) is 18.4 Å². The van der Waals surface area contributed by atoms with E-state index in [1.165, 1.54) is 4.31 Å². The molecule has 2 aromatic carbocycles. The maximum atomic E-state index is 12.9. The smallest absolute Gasteiger partial charge is 0.243 e. The molecule has 3 rings (SSSR count). The molecule has 0 aliphatic carbocycles. The average molecular weight is 492 g/mol. The number of carbonyl (C=O) groups is 1. The Morgan fingerprint density at radius 3 is 2.37 bits per heavy atom. The summed E-state index contributed by atoms with van der Waals surface area (Å²) in [5.41, 5.74) is 0.346. The van der Waals surface area contributed by atoms with Crippen molar-refractivity contribution in [3.8, 4) is 0 Å². The number of nitrogens with zero attached hydrogens (tertiary/aromatic N) is 1. The Morgan fingerprint density at radius 1 is 1.11 bits per heavy atom. The molecule has 9 heteroatoms. The lowest BCUT2D eigenvalue weighted by Gasteiger charge is -2.31. The van der Waals surface area contributed by atoms with Crippen molar-refractivity contribution < 1.29 is 13.2 Å². The number of sulfonamides is 1. The van der Waals surface area contributed by atoms with Gasteiger partial charge in [-0.15, -0.1) is 0 Å². The first-order valence-electron chi connectivity index (χ1n) is 8.29. The van der Waals surface area contributed by atoms with Gasteiger partial charge in [0.25, 0.3) is 0 Å². The van der Waals surface area contributed by atoms with Crippen LogP contribution in [0.25, 0.3) is 0 Å². The summed E-state index contributed by atoms with van der Waals surface area (Å²) in [6, 6.07) is 11.4. The molecule has 0 radical (unpaired) electrons. The van der Waals surface area contributed by atoms with E-state index in [0.29, 0.717) is 35.1 Å². The van der Waals surface area contributed by atoms with Gasteiger partial charge in [-0.05, 0) is 49.2 Å². The summed E-state index contributed by atoms with van der Waals surface area (Å²) in [4.78, 5) is 12.9. The monoisotopic (exact) mass is 490 g/mol. The molecule has 1 heterocycles. The van der Waals surface area contributed by atoms with E-state index >= 15 is 0 Å². The summed E-state index contributed by atoms with van der Waals surface area (Å²) in [6.07, 6.45) is 1.20. The molecular weight excluding hydrogens is 475 g/mol. The van der Waals surface area contributed by atoms with Crippen LogP contribution >= 0.6 is 39.1 Å². The third-order valence-corrected chi connectivity index (χ3v) is 7.46. The van der Waals surface area contributed by atoms with Crippen LogP contribution in [-0.2, 0) is 14.8 Å². The SMILES string of the molecule is O=C(Nc1c(Cl)cccc1Cl)[C@@H]1CCCN(S(=O)(=O)c2ccc(Br)cc2)C1. The number of amides is 1. The maximum absolute atomic E-state index is 12.9. The van der Waals surface area contributed by atoms with Gasteiger partial charge in [-0.2, -0.15) is 4.31 Å². The fourth-order valence-electron chi connectivity index (χ4n) is 2.97. The maximum Gasteiger partial charge on any atom is 0.243 e. The van der Waals surface area contributed by atoms with E-state index < -0.39 is 15.9 Å². The summed E-state index contributed by atoms with van der Waals surface area (Å²) >= 11 is 15.5. The first kappa shape index (κ1) is 20.6. The van der Waals surface area contributed by atoms with Crippen LogP contribution < -0.4 is 5.32 Å². The summed E-state index contributed by atoms with van der Waals surface area (Å²) < 4.78 is 27.9. The van der Waals surface area contributed by atoms with Gasteiger partial charge in [0.15, 0.2) is 0 Å². The number of hydrogen-bond donors (Lipinski definition) is 1. The van der Waals surface area contributed by atoms with E-state index in [2.05, 4.69) is 21.2 Å². The molecule has 5 nitrogen and oxygen atoms in total. The number of hydrogen-bond acceptors (Lipinski definition) is 3. The van der Waals surface area contributed by atoms with Crippen LogP contribution in [0.2, 0.25) is 10.0 Å². The molecule has 0 bridgehead atoms. The van der Waals surface area contributed by atoms with Gasteiger partial charge in [0.1, 0.15) is 0 Å². The van der Waals surface area contributed by atoms with Crippen molar-refractivity contribution in [1.82, 2.24) is 4.31 Å². The van der Waals surface area contributed by atoms with Crippen molar-refractivity contribution in [3.63, 3.8) is 0 Å². The van der Waals surface area contributed by atoms with Gasteiger partial charge in [0.05, 0.1) is 26.5 Å². The van der Waals surface area contributed by atoms with Crippen molar-refractivity contribution >= 4 is 60.7 Å². The molecule has 1 aliphatic heterocycles. The third kappa shape index (κ3) is 4.66. The predicted molar refractivity (Wildman–Crippen MR) is 111 cm³/mol. The van der Waals surface area contributed by atoms with E-state index in [1.807, 2.05) is 0 Å². The Bertz CT molecular complexity index is 931. The van der Waals surface area contributed by atoms with Crippen LogP contribution in [0.1, 0.15) is 12.8 Å². The molecule has 0 spiro atoms. The molecule has 1 amide bonds. The van der Waals surface area contributed by atoms with Crippen LogP contribution in [0.4, 0.5) is 5.69 Å². The van der Waals surface area contributed by atoms with E-state index in [1.54, 1.807) is 42.5 Å². The molecule has 1 fully saturated rings. The minimum atomic E-state index is -3.65. The fourth-order valence-corrected chi connectivity index (χ4v) is 5.25. The van der Waals surface area contributed by atoms with E-state index in [0.717, 1.165) is 4.47 Å². The molecule has 1 aliphatic rings. The first-order chi connectivity index (χ1) is 12.8. The number of nitrogens with one attached hydrogen (secondary N) is 1. The van der Waals surface area contributed by atoms with E-state index in [4.69, 9.17) is 23.2 Å². The lowest BCUT2D eigenvalue weighted by atomic mass is 9.98. The Balaban J connectivity index is 1.75. The molecule has 0 saturated carbocycles. The van der Waals surface area contributed by atoms with Crippen LogP contribution in [0, 0.1) is 5.92 Å². The zero-order valence-corrected chi connectivity index (χ0v) is 18.1. The molecule has 1 atom stereocenters. The highest BCUT2D eigenvalue weighted by Gasteiger charge is 2.33. The largest absolute Gasteiger partial charge is 0.323 e. The first-order valence-corrected chi connectivity index (χ1v) is 11.3. The standard InChI is InChI=1S/C18H17BrCl2N2O3S/c19-13-6-8-14(9-7-13)27(25,26)23-10-2-3-12(11-23)18(24)22-17-15(20)4-1-5-16(17)21/h1,4-9,12H,2-3,10-11H2,(H,22,24)/t12-/m1/s1. The Morgan fingerprint density at radius 2 is 1.74 bits per heavy atom. The van der Waals surface area contributed by atoms with Gasteiger partial charge in [0.2, 0.25) is 15.9 Å². The topological polar surface area (TPSA) is 66.5 Å². The third-order valence-electron chi connectivity index (χ3n) is 4.42. The van der Waals surface area contributed by atoms with E-state index in [9.17, 15) is 13.2 Å². The summed E-state index contributed by atoms with van der Waals surface area (Å²) in [5.74, 6) is -0.767. The van der Waals surface area contributed by atoms with Crippen molar-refractivity contribution in [2.45, 2.75) is 17.7 Å². The minimum absolute atomic E-state index is 0.117.